The van der Waals surface area contributed by atoms with Crippen molar-refractivity contribution in [3.63, 3.8) is 0 Å². The summed E-state index contributed by atoms with van der Waals surface area (Å²) in [5.74, 6) is -0.549. The molecule has 1 amide bonds. The molecule has 0 atom stereocenters. The van der Waals surface area contributed by atoms with Gasteiger partial charge in [0.25, 0.3) is 5.91 Å². The largest absolute Gasteiger partial charge is 0.331 e. The maximum absolute atomic E-state index is 10.9. The van der Waals surface area contributed by atoms with Crippen LogP contribution < -0.4 is 5.48 Å². The molecule has 0 unspecified atom stereocenters. The molecule has 1 aromatic carbocycles. The van der Waals surface area contributed by atoms with Crippen molar-refractivity contribution in [2.75, 3.05) is 0 Å². The zero-order valence-electron chi connectivity index (χ0n) is 10.1. The lowest BCUT2D eigenvalue weighted by Gasteiger charge is -2.01. The molecule has 2 N–H and O–H groups in total. The Morgan fingerprint density at radius 1 is 1.56 bits per heavy atom. The molecule has 1 heterocycles. The van der Waals surface area contributed by atoms with Crippen molar-refractivity contribution in [3.05, 3.63) is 36.2 Å². The highest BCUT2D eigenvalue weighted by Crippen LogP contribution is 2.16. The number of carbonyl (C=O) groups is 1. The predicted octanol–water partition coefficient (Wildman–Crippen LogP) is 1.96. The fraction of sp³-hybridized carbons (Fsp3) is 0.231. The van der Waals surface area contributed by atoms with Gasteiger partial charge in [-0.15, -0.1) is 0 Å². The number of benzene rings is 1. The Hall–Kier alpha value is -2.14. The predicted molar refractivity (Wildman–Crippen MR) is 69.0 cm³/mol. The lowest BCUT2D eigenvalue weighted by Crippen LogP contribution is -2.14. The zero-order chi connectivity index (χ0) is 13.0. The summed E-state index contributed by atoms with van der Waals surface area (Å²) in [4.78, 5) is 15.2. The minimum absolute atomic E-state index is 0.549. The van der Waals surface area contributed by atoms with E-state index in [1.807, 2.05) is 24.5 Å². The number of hydroxylamine groups is 1. The van der Waals surface area contributed by atoms with E-state index >= 15 is 0 Å². The average molecular weight is 245 g/mol. The standard InChI is InChI=1S/C13H15N3O2/c1-2-7-16-9-14-11-8-10(3-5-12(11)16)4-6-13(17)15-18/h3-6,8-9,18H,2,7H2,1H3,(H,15,17). The normalized spacial score (nSPS) is 11.2. The minimum atomic E-state index is -0.549. The number of nitrogens with zero attached hydrogens (tertiary/aromatic N) is 2. The quantitative estimate of drug-likeness (QED) is 0.491. The SMILES string of the molecule is CCCn1cnc2cc(C=CC(=O)NO)ccc21. The average Bonchev–Trinajstić information content (AvgIpc) is 2.79. The molecule has 18 heavy (non-hydrogen) atoms. The fourth-order valence-electron chi connectivity index (χ4n) is 1.81. The molecule has 0 aliphatic rings. The van der Waals surface area contributed by atoms with Crippen molar-refractivity contribution >= 4 is 23.0 Å². The molecule has 0 spiro atoms. The topological polar surface area (TPSA) is 67.2 Å². The Morgan fingerprint density at radius 2 is 2.39 bits per heavy atom. The molecule has 5 heteroatoms. The van der Waals surface area contributed by atoms with E-state index in [2.05, 4.69) is 16.5 Å². The third-order valence-electron chi connectivity index (χ3n) is 2.65. The summed E-state index contributed by atoms with van der Waals surface area (Å²) in [7, 11) is 0. The fourth-order valence-corrected chi connectivity index (χ4v) is 1.81. The Labute approximate surface area is 105 Å². The molecule has 0 saturated carbocycles. The molecule has 2 rings (SSSR count). The first-order valence-electron chi connectivity index (χ1n) is 5.81. The molecule has 0 aliphatic heterocycles. The van der Waals surface area contributed by atoms with Gasteiger partial charge in [-0.25, -0.2) is 10.5 Å². The van der Waals surface area contributed by atoms with Crippen LogP contribution in [0.4, 0.5) is 0 Å². The maximum Gasteiger partial charge on any atom is 0.267 e. The highest BCUT2D eigenvalue weighted by Gasteiger charge is 2.02. The van der Waals surface area contributed by atoms with Crippen LogP contribution in [0.2, 0.25) is 0 Å². The number of hydrogen-bond acceptors (Lipinski definition) is 3. The molecule has 5 nitrogen and oxygen atoms in total. The summed E-state index contributed by atoms with van der Waals surface area (Å²) in [5, 5.41) is 8.38. The van der Waals surface area contributed by atoms with Crippen LogP contribution in [0.5, 0.6) is 0 Å². The van der Waals surface area contributed by atoms with Crippen LogP contribution in [-0.2, 0) is 11.3 Å². The van der Waals surface area contributed by atoms with Crippen molar-refractivity contribution in [3.8, 4) is 0 Å². The van der Waals surface area contributed by atoms with Gasteiger partial charge in [0.1, 0.15) is 0 Å². The lowest BCUT2D eigenvalue weighted by molar-refractivity contribution is -0.124. The number of hydrogen-bond donors (Lipinski definition) is 2. The monoisotopic (exact) mass is 245 g/mol. The summed E-state index contributed by atoms with van der Waals surface area (Å²) < 4.78 is 2.10. The molecular weight excluding hydrogens is 230 g/mol. The van der Waals surface area contributed by atoms with Crippen molar-refractivity contribution in [2.24, 2.45) is 0 Å². The van der Waals surface area contributed by atoms with E-state index in [1.54, 1.807) is 11.6 Å². The van der Waals surface area contributed by atoms with Crippen LogP contribution in [0, 0.1) is 0 Å². The second-order valence-corrected chi connectivity index (χ2v) is 4.00. The molecule has 0 saturated heterocycles. The molecule has 94 valence electrons. The smallest absolute Gasteiger partial charge is 0.267 e. The second-order valence-electron chi connectivity index (χ2n) is 4.00. The van der Waals surface area contributed by atoms with Gasteiger partial charge in [0.2, 0.25) is 0 Å². The van der Waals surface area contributed by atoms with Crippen LogP contribution in [-0.4, -0.2) is 20.7 Å². The molecule has 2 aromatic rings. The first-order valence-corrected chi connectivity index (χ1v) is 5.81. The van der Waals surface area contributed by atoms with Crippen LogP contribution in [0.1, 0.15) is 18.9 Å². The highest BCUT2D eigenvalue weighted by molar-refractivity contribution is 5.91. The van der Waals surface area contributed by atoms with Gasteiger partial charge in [0.05, 0.1) is 17.4 Å². The summed E-state index contributed by atoms with van der Waals surface area (Å²) in [6.07, 6.45) is 5.78. The Balaban J connectivity index is 2.28. The molecule has 0 fully saturated rings. The summed E-state index contributed by atoms with van der Waals surface area (Å²) in [6, 6.07) is 5.80. The number of rotatable bonds is 4. The first kappa shape index (κ1) is 12.3. The minimum Gasteiger partial charge on any atom is -0.331 e. The Bertz CT molecular complexity index is 587. The van der Waals surface area contributed by atoms with Crippen molar-refractivity contribution in [1.82, 2.24) is 15.0 Å². The van der Waals surface area contributed by atoms with E-state index in [4.69, 9.17) is 5.21 Å². The summed E-state index contributed by atoms with van der Waals surface area (Å²) >= 11 is 0. The molecular formula is C13H15N3O2. The van der Waals surface area contributed by atoms with E-state index < -0.39 is 5.91 Å². The van der Waals surface area contributed by atoms with Crippen LogP contribution in [0.3, 0.4) is 0 Å². The van der Waals surface area contributed by atoms with Crippen LogP contribution in [0.25, 0.3) is 17.1 Å². The van der Waals surface area contributed by atoms with Gasteiger partial charge >= 0.3 is 0 Å². The number of imidazole rings is 1. The van der Waals surface area contributed by atoms with E-state index in [0.717, 1.165) is 29.6 Å². The van der Waals surface area contributed by atoms with Crippen LogP contribution in [0.15, 0.2) is 30.6 Å². The van der Waals surface area contributed by atoms with Crippen molar-refractivity contribution in [2.45, 2.75) is 19.9 Å². The second kappa shape index (κ2) is 5.46. The van der Waals surface area contributed by atoms with E-state index in [9.17, 15) is 4.79 Å². The molecule has 1 aromatic heterocycles. The molecule has 0 aliphatic carbocycles. The highest BCUT2D eigenvalue weighted by atomic mass is 16.5. The van der Waals surface area contributed by atoms with Gasteiger partial charge in [0.15, 0.2) is 0 Å². The number of aromatic nitrogens is 2. The molecule has 0 bridgehead atoms. The van der Waals surface area contributed by atoms with Gasteiger partial charge in [-0.05, 0) is 30.2 Å². The number of amides is 1. The number of carbonyl (C=O) groups excluding carboxylic acids is 1. The van der Waals surface area contributed by atoms with E-state index in [1.165, 1.54) is 6.08 Å². The number of nitrogens with one attached hydrogen (secondary N) is 1. The third kappa shape index (κ3) is 2.57. The zero-order valence-corrected chi connectivity index (χ0v) is 10.1. The Morgan fingerprint density at radius 3 is 3.11 bits per heavy atom. The first-order chi connectivity index (χ1) is 8.74. The molecule has 0 radical (unpaired) electrons. The van der Waals surface area contributed by atoms with Gasteiger partial charge in [-0.2, -0.15) is 0 Å². The number of fused-ring (bicyclic) bond motifs is 1. The number of aryl methyl sites for hydroxylation is 1. The summed E-state index contributed by atoms with van der Waals surface area (Å²) in [6.45, 7) is 3.06. The van der Waals surface area contributed by atoms with E-state index in [-0.39, 0.29) is 0 Å². The van der Waals surface area contributed by atoms with Gasteiger partial charge in [0, 0.05) is 12.6 Å². The van der Waals surface area contributed by atoms with Gasteiger partial charge in [-0.3, -0.25) is 10.0 Å². The van der Waals surface area contributed by atoms with Gasteiger partial charge in [-0.1, -0.05) is 13.0 Å². The van der Waals surface area contributed by atoms with Crippen molar-refractivity contribution in [1.29, 1.82) is 0 Å². The lowest BCUT2D eigenvalue weighted by atomic mass is 10.2. The Kier molecular flexibility index (Phi) is 3.74. The van der Waals surface area contributed by atoms with Gasteiger partial charge < -0.3 is 4.57 Å². The summed E-state index contributed by atoms with van der Waals surface area (Å²) in [5.41, 5.74) is 4.40. The van der Waals surface area contributed by atoms with E-state index in [0.29, 0.717) is 0 Å². The maximum atomic E-state index is 10.9. The van der Waals surface area contributed by atoms with Crippen LogP contribution >= 0.6 is 0 Å². The van der Waals surface area contributed by atoms with Crippen molar-refractivity contribution < 1.29 is 10.0 Å². The third-order valence-corrected chi connectivity index (χ3v) is 2.65.